The van der Waals surface area contributed by atoms with Gasteiger partial charge in [-0.15, -0.1) is 0 Å². The molecular weight excluding hydrogens is 1380 g/mol. The van der Waals surface area contributed by atoms with Crippen LogP contribution in [0.5, 0.6) is 0 Å². The predicted molar refractivity (Wildman–Crippen MR) is 367 cm³/mol. The first-order chi connectivity index (χ1) is 40.6. The van der Waals surface area contributed by atoms with Crippen molar-refractivity contribution in [3.8, 4) is 0 Å². The molecule has 5 saturated heterocycles. The number of anilines is 5. The van der Waals surface area contributed by atoms with Crippen molar-refractivity contribution >= 4 is 47.6 Å². The fourth-order valence-corrected chi connectivity index (χ4v) is 16.1. The molecule has 0 spiro atoms. The van der Waals surface area contributed by atoms with Crippen LogP contribution in [0.3, 0.4) is 0 Å². The average Bonchev–Trinajstić information content (AvgIpc) is 0.811. The van der Waals surface area contributed by atoms with Crippen molar-refractivity contribution in [1.29, 1.82) is 0 Å². The van der Waals surface area contributed by atoms with E-state index in [2.05, 4.69) is 250 Å². The van der Waals surface area contributed by atoms with Crippen molar-refractivity contribution in [3.63, 3.8) is 0 Å². The van der Waals surface area contributed by atoms with Gasteiger partial charge in [0.2, 0.25) is 0 Å². The fourth-order valence-electron chi connectivity index (χ4n) is 16.1. The standard InChI is InChI=1S/C66H120N23.3Y/c1-43-69-51(71-44-30-57(2,3)84(25)58(4,5)31-44)80-56(70-43)89(41-68-50-75-53(73-46-34-61(10,11)86(27)62(12,13)35-46)79-55(77-50)83(24)48-38-65(18,19)88(29)66(20,21)39-48)42-81(22)40-67-49-74-52(72-45-32-59(6,7)85(26)60(8,9)33-45)78-54(76-49)82(23)47-36-63(14,15)87(28)64(16,17)37-47;;;/h44-48H,30-42H2,1-29H3,(H2-3,67,68,69,70,71,72,73,74,75,76,77,78,79,80);;;/q-3;;;. The zero-order chi connectivity index (χ0) is 66.4. The second-order valence-corrected chi connectivity index (χ2v) is 34.0. The van der Waals surface area contributed by atoms with Crippen molar-refractivity contribution in [2.24, 2.45) is 0 Å². The Kier molecular flexibility index (Phi) is 25.9. The number of hydrogen-bond donors (Lipinski definition) is 2. The van der Waals surface area contributed by atoms with Crippen LogP contribution in [-0.2, 0) is 98.1 Å². The molecule has 92 heavy (non-hydrogen) atoms. The molecule has 5 aliphatic heterocycles. The van der Waals surface area contributed by atoms with Crippen LogP contribution in [-0.4, -0.2) is 236 Å². The third-order valence-electron chi connectivity index (χ3n) is 22.6. The summed E-state index contributed by atoms with van der Waals surface area (Å²) in [4.78, 5) is 67.3. The molecule has 0 atom stereocenters. The van der Waals surface area contributed by atoms with Gasteiger partial charge in [0.05, 0.1) is 25.8 Å². The van der Waals surface area contributed by atoms with Gasteiger partial charge in [-0.25, -0.2) is 15.0 Å². The van der Waals surface area contributed by atoms with Crippen LogP contribution >= 0.6 is 0 Å². The Morgan fingerprint density at radius 2 is 0.620 bits per heavy atom. The number of hydrogen-bond acceptors (Lipinski definition) is 20. The molecule has 5 aliphatic rings. The Morgan fingerprint density at radius 1 is 0.359 bits per heavy atom. The van der Waals surface area contributed by atoms with Gasteiger partial charge in [0.1, 0.15) is 0 Å². The molecule has 8 rings (SSSR count). The molecule has 3 aromatic heterocycles. The molecule has 0 aromatic carbocycles. The summed E-state index contributed by atoms with van der Waals surface area (Å²) in [7, 11) is 17.5. The van der Waals surface area contributed by atoms with Crippen LogP contribution in [0.25, 0.3) is 16.0 Å². The monoisotopic (exact) mass is 1500 g/mol. The zero-order valence-corrected chi connectivity index (χ0v) is 71.2. The first-order valence-corrected chi connectivity index (χ1v) is 33.1. The molecular formula is C66H120N23Y3-3. The summed E-state index contributed by atoms with van der Waals surface area (Å²) in [5.74, 6) is 4.41. The van der Waals surface area contributed by atoms with Gasteiger partial charge < -0.3 is 71.2 Å². The Hall–Kier alpha value is -1.50. The zero-order valence-electron chi connectivity index (χ0n) is 62.7. The van der Waals surface area contributed by atoms with Gasteiger partial charge in [-0.1, -0.05) is 0 Å². The molecule has 0 bridgehead atoms. The van der Waals surface area contributed by atoms with Crippen LogP contribution in [0.1, 0.15) is 209 Å². The topological polar surface area (TPSA) is 212 Å². The fraction of sp³-hybridized carbons (Fsp3) is 0.864. The molecule has 8 heterocycles. The molecule has 0 amide bonds. The number of nitrogens with zero attached hydrogens (tertiary/aromatic N) is 21. The van der Waals surface area contributed by atoms with Gasteiger partial charge in [0, 0.05) is 198 Å². The van der Waals surface area contributed by atoms with E-state index < -0.39 is 0 Å². The van der Waals surface area contributed by atoms with Crippen LogP contribution in [0.2, 0.25) is 0 Å². The summed E-state index contributed by atoms with van der Waals surface area (Å²) in [6.45, 7) is 49.2. The number of likely N-dealkylation sites (tertiary alicyclic amines) is 5. The van der Waals surface area contributed by atoms with Crippen LogP contribution in [0, 0.1) is 6.92 Å². The summed E-state index contributed by atoms with van der Waals surface area (Å²) >= 11 is 0. The molecule has 3 aromatic rings. The number of rotatable bonds is 19. The van der Waals surface area contributed by atoms with Gasteiger partial charge in [-0.05, 0) is 270 Å². The van der Waals surface area contributed by atoms with E-state index in [-0.39, 0.29) is 190 Å². The van der Waals surface area contributed by atoms with Crippen LogP contribution in [0.15, 0.2) is 0 Å². The van der Waals surface area contributed by atoms with E-state index in [1.165, 1.54) is 0 Å². The first-order valence-electron chi connectivity index (χ1n) is 33.1. The van der Waals surface area contributed by atoms with E-state index in [0.717, 1.165) is 64.2 Å². The summed E-state index contributed by atoms with van der Waals surface area (Å²) < 4.78 is 0. The van der Waals surface area contributed by atoms with Crippen LogP contribution < -0.4 is 25.3 Å². The Labute approximate surface area is 632 Å². The summed E-state index contributed by atoms with van der Waals surface area (Å²) in [6.07, 6.45) is 9.07. The van der Waals surface area contributed by atoms with Crippen molar-refractivity contribution in [1.82, 2.24) is 74.3 Å². The van der Waals surface area contributed by atoms with E-state index in [4.69, 9.17) is 60.8 Å². The first kappa shape index (κ1) is 81.2. The molecule has 26 heteroatoms. The Bertz CT molecular complexity index is 2860. The summed E-state index contributed by atoms with van der Waals surface area (Å²) in [5.41, 5.74) is -0.591. The summed E-state index contributed by atoms with van der Waals surface area (Å²) in [5, 5.41) is 23.4. The molecule has 0 unspecified atom stereocenters. The number of nitrogens with one attached hydrogen (secondary N) is 2. The van der Waals surface area contributed by atoms with E-state index in [0.29, 0.717) is 66.7 Å². The number of aryl methyl sites for hydroxylation is 1. The number of piperidine rings is 5. The third kappa shape index (κ3) is 18.7. The third-order valence-corrected chi connectivity index (χ3v) is 22.6. The number of aromatic nitrogens is 9. The molecule has 0 aliphatic carbocycles. The quantitative estimate of drug-likeness (QED) is 0.107. The largest absolute Gasteiger partial charge is 0.390 e. The summed E-state index contributed by atoms with van der Waals surface area (Å²) in [6, 6.07) is 0.411. The maximum absolute atomic E-state index is 5.39. The average molecular weight is 1500 g/mol. The molecule has 0 saturated carbocycles. The molecule has 511 valence electrons. The minimum atomic E-state index is -0.0770. The second kappa shape index (κ2) is 29.4. The maximum atomic E-state index is 5.39. The van der Waals surface area contributed by atoms with Crippen molar-refractivity contribution < 1.29 is 98.1 Å². The van der Waals surface area contributed by atoms with E-state index >= 15 is 0 Å². The SMILES string of the molecule is Cc1nc([N-]C2CC(C)(C)N(C)C(C)(C)C2)nc(N(CNc2nc([N-]C3CC(C)(C)N(C)C(C)(C)C3)nc(N(C)C3CC(C)(C)N(C)C(C)(C)C3)n2)CN(C)CNc2nc([N-]C3CC(C)(C)N(C)C(C)(C)C3)nc(N(C)C3CC(C)(C)N(C)C(C)(C)C3)n2)n1.[Y].[Y].[Y]. The second-order valence-electron chi connectivity index (χ2n) is 34.0. The van der Waals surface area contributed by atoms with Gasteiger partial charge in [0.25, 0.3) is 0 Å². The minimum absolute atomic E-state index is 0. The molecule has 23 nitrogen and oxygen atoms in total. The van der Waals surface area contributed by atoms with Crippen LogP contribution in [0.4, 0.5) is 47.6 Å². The van der Waals surface area contributed by atoms with Crippen molar-refractivity contribution in [2.75, 3.05) is 102 Å². The minimum Gasteiger partial charge on any atom is -0.390 e. The van der Waals surface area contributed by atoms with Gasteiger partial charge in [-0.2, -0.15) is 0 Å². The smallest absolute Gasteiger partial charge is 0.156 e. The van der Waals surface area contributed by atoms with E-state index in [1.807, 2.05) is 6.92 Å². The van der Waals surface area contributed by atoms with Gasteiger partial charge in [-0.3, -0.25) is 29.4 Å². The Morgan fingerprint density at radius 3 is 0.924 bits per heavy atom. The Balaban J connectivity index is 0.00000512. The molecule has 5 fully saturated rings. The van der Waals surface area contributed by atoms with Crippen molar-refractivity contribution in [3.05, 3.63) is 21.8 Å². The normalized spacial score (nSPS) is 24.1. The van der Waals surface area contributed by atoms with Gasteiger partial charge >= 0.3 is 0 Å². The maximum Gasteiger partial charge on any atom is 0.156 e. The predicted octanol–water partition coefficient (Wildman–Crippen LogP) is 11.5. The van der Waals surface area contributed by atoms with Gasteiger partial charge in [0.15, 0.2) is 29.7 Å². The molecule has 3 radical (unpaired) electrons. The van der Waals surface area contributed by atoms with Crippen molar-refractivity contribution in [2.45, 2.75) is 295 Å². The van der Waals surface area contributed by atoms with E-state index in [9.17, 15) is 0 Å². The molecule has 2 N–H and O–H groups in total. The van der Waals surface area contributed by atoms with E-state index in [1.54, 1.807) is 0 Å².